The molecule has 1 amide bonds. The van der Waals surface area contributed by atoms with Gasteiger partial charge in [0.05, 0.1) is 0 Å². The zero-order chi connectivity index (χ0) is 9.98. The van der Waals surface area contributed by atoms with Crippen LogP contribution in [-0.4, -0.2) is 11.7 Å². The number of amides is 1. The third kappa shape index (κ3) is 18.1. The summed E-state index contributed by atoms with van der Waals surface area (Å²) >= 11 is 0. The average molecular weight is 187 g/mol. The van der Waals surface area contributed by atoms with Crippen LogP contribution in [0.3, 0.4) is 0 Å². The lowest BCUT2D eigenvalue weighted by Gasteiger charge is -1.88. The molecule has 0 rings (SSSR count). The summed E-state index contributed by atoms with van der Waals surface area (Å²) in [5.41, 5.74) is 0. The molecule has 13 heavy (non-hydrogen) atoms. The van der Waals surface area contributed by atoms with E-state index in [9.17, 15) is 9.59 Å². The smallest absolute Gasteiger partial charge is 0.220 e. The van der Waals surface area contributed by atoms with E-state index >= 15 is 0 Å². The maximum Gasteiger partial charge on any atom is 0.220 e. The van der Waals surface area contributed by atoms with Gasteiger partial charge in [0.15, 0.2) is 5.78 Å². The number of hydrogen-bond donors (Lipinski definition) is 1. The largest absolute Gasteiger partial charge is 0.333 e. The number of carbonyl (C=O) groups excluding carboxylic acids is 2. The highest BCUT2D eigenvalue weighted by atomic mass is 16.1. The lowest BCUT2D eigenvalue weighted by atomic mass is 10.3. The first-order valence-corrected chi connectivity index (χ1v) is 4.13. The zero-order valence-corrected chi connectivity index (χ0v) is 8.18. The van der Waals surface area contributed by atoms with Crippen molar-refractivity contribution in [1.82, 2.24) is 5.32 Å². The molecule has 0 heterocycles. The first kappa shape index (κ1) is 17.8. The number of carbonyl (C=O) groups is 2. The Kier molecular flexibility index (Phi) is 18.5. The SMILES string of the molecule is C.CC.CCC(=O)C=CNC(C)=O. The van der Waals surface area contributed by atoms with Crippen LogP contribution in [-0.2, 0) is 9.59 Å². The standard InChI is InChI=1S/C7H11NO2.C2H6.CH4/c1-3-7(10)4-5-8-6(2)9;1-2;/h4-5H,3H2,1-2H3,(H,8,9);1-2H3;1H4. The van der Waals surface area contributed by atoms with Crippen molar-refractivity contribution in [2.24, 2.45) is 0 Å². The Morgan fingerprint density at radius 3 is 2.08 bits per heavy atom. The van der Waals surface area contributed by atoms with Crippen molar-refractivity contribution in [2.45, 2.75) is 41.5 Å². The van der Waals surface area contributed by atoms with E-state index < -0.39 is 0 Å². The molecule has 0 saturated carbocycles. The molecule has 78 valence electrons. The van der Waals surface area contributed by atoms with E-state index in [2.05, 4.69) is 5.32 Å². The third-order valence-electron chi connectivity index (χ3n) is 0.904. The fraction of sp³-hybridized carbons (Fsp3) is 0.600. The highest BCUT2D eigenvalue weighted by Crippen LogP contribution is 1.80. The fourth-order valence-corrected chi connectivity index (χ4v) is 0.370. The highest BCUT2D eigenvalue weighted by Gasteiger charge is 1.88. The Hall–Kier alpha value is -1.12. The van der Waals surface area contributed by atoms with Crippen LogP contribution in [0.1, 0.15) is 41.5 Å². The van der Waals surface area contributed by atoms with Crippen LogP contribution >= 0.6 is 0 Å². The molecule has 0 aliphatic carbocycles. The number of nitrogens with one attached hydrogen (secondary N) is 1. The van der Waals surface area contributed by atoms with Crippen LogP contribution in [0, 0.1) is 0 Å². The molecule has 0 bridgehead atoms. The topological polar surface area (TPSA) is 46.2 Å². The van der Waals surface area contributed by atoms with Gasteiger partial charge in [-0.25, -0.2) is 0 Å². The van der Waals surface area contributed by atoms with Crippen LogP contribution in [0.4, 0.5) is 0 Å². The molecule has 3 nitrogen and oxygen atoms in total. The lowest BCUT2D eigenvalue weighted by Crippen LogP contribution is -2.12. The van der Waals surface area contributed by atoms with E-state index in [0.717, 1.165) is 0 Å². The molecule has 0 aromatic heterocycles. The van der Waals surface area contributed by atoms with Gasteiger partial charge >= 0.3 is 0 Å². The number of rotatable bonds is 3. The second-order valence-electron chi connectivity index (χ2n) is 1.85. The lowest BCUT2D eigenvalue weighted by molar-refractivity contribution is -0.118. The van der Waals surface area contributed by atoms with Gasteiger partial charge in [-0.15, -0.1) is 0 Å². The van der Waals surface area contributed by atoms with Gasteiger partial charge in [0.1, 0.15) is 0 Å². The van der Waals surface area contributed by atoms with E-state index in [4.69, 9.17) is 0 Å². The van der Waals surface area contributed by atoms with Crippen LogP contribution in [0.25, 0.3) is 0 Å². The Morgan fingerprint density at radius 2 is 1.77 bits per heavy atom. The van der Waals surface area contributed by atoms with E-state index in [1.54, 1.807) is 6.92 Å². The van der Waals surface area contributed by atoms with Crippen molar-refractivity contribution < 1.29 is 9.59 Å². The molecule has 0 saturated heterocycles. The van der Waals surface area contributed by atoms with Gasteiger partial charge in [0, 0.05) is 19.5 Å². The molecule has 0 unspecified atom stereocenters. The molecule has 0 fully saturated rings. The van der Waals surface area contributed by atoms with Gasteiger partial charge in [0.2, 0.25) is 5.91 Å². The average Bonchev–Trinajstić information content (AvgIpc) is 2.07. The highest BCUT2D eigenvalue weighted by molar-refractivity contribution is 5.89. The Labute approximate surface area is 81.2 Å². The first-order chi connectivity index (χ1) is 5.66. The Morgan fingerprint density at radius 1 is 1.31 bits per heavy atom. The normalized spacial score (nSPS) is 8.00. The predicted octanol–water partition coefficient (Wildman–Crippen LogP) is 2.28. The summed E-state index contributed by atoms with van der Waals surface area (Å²) in [5, 5.41) is 2.37. The van der Waals surface area contributed by atoms with Crippen molar-refractivity contribution in [3.8, 4) is 0 Å². The van der Waals surface area contributed by atoms with Crippen molar-refractivity contribution in [3.05, 3.63) is 12.3 Å². The van der Waals surface area contributed by atoms with Crippen molar-refractivity contribution in [3.63, 3.8) is 0 Å². The van der Waals surface area contributed by atoms with Gasteiger partial charge in [-0.1, -0.05) is 28.2 Å². The molecular formula is C10H21NO2. The summed E-state index contributed by atoms with van der Waals surface area (Å²) in [6.07, 6.45) is 3.17. The molecule has 0 atom stereocenters. The van der Waals surface area contributed by atoms with Crippen molar-refractivity contribution in [2.75, 3.05) is 0 Å². The van der Waals surface area contributed by atoms with Crippen LogP contribution in [0.15, 0.2) is 12.3 Å². The van der Waals surface area contributed by atoms with Crippen molar-refractivity contribution in [1.29, 1.82) is 0 Å². The predicted molar refractivity (Wildman–Crippen MR) is 56.3 cm³/mol. The molecule has 0 spiro atoms. The minimum atomic E-state index is -0.167. The number of allylic oxidation sites excluding steroid dienone is 1. The van der Waals surface area contributed by atoms with E-state index in [1.165, 1.54) is 19.2 Å². The van der Waals surface area contributed by atoms with Crippen LogP contribution in [0.5, 0.6) is 0 Å². The van der Waals surface area contributed by atoms with Gasteiger partial charge < -0.3 is 5.32 Å². The molecule has 0 aliphatic rings. The molecule has 3 heteroatoms. The molecule has 1 N–H and O–H groups in total. The van der Waals surface area contributed by atoms with Gasteiger partial charge in [-0.2, -0.15) is 0 Å². The fourth-order valence-electron chi connectivity index (χ4n) is 0.370. The molecule has 0 aliphatic heterocycles. The monoisotopic (exact) mass is 187 g/mol. The molecular weight excluding hydrogens is 166 g/mol. The van der Waals surface area contributed by atoms with E-state index in [1.807, 2.05) is 13.8 Å². The number of hydrogen-bond acceptors (Lipinski definition) is 2. The summed E-state index contributed by atoms with van der Waals surface area (Å²) in [7, 11) is 0. The van der Waals surface area contributed by atoms with Crippen LogP contribution in [0.2, 0.25) is 0 Å². The van der Waals surface area contributed by atoms with Crippen molar-refractivity contribution >= 4 is 11.7 Å². The van der Waals surface area contributed by atoms with E-state index in [0.29, 0.717) is 6.42 Å². The summed E-state index contributed by atoms with van der Waals surface area (Å²) in [4.78, 5) is 20.8. The minimum Gasteiger partial charge on any atom is -0.333 e. The Balaban J connectivity index is -0.000000309. The van der Waals surface area contributed by atoms with Gasteiger partial charge in [-0.3, -0.25) is 9.59 Å². The first-order valence-electron chi connectivity index (χ1n) is 4.13. The van der Waals surface area contributed by atoms with Gasteiger partial charge in [-0.05, 0) is 6.08 Å². The second-order valence-corrected chi connectivity index (χ2v) is 1.85. The van der Waals surface area contributed by atoms with Gasteiger partial charge in [0.25, 0.3) is 0 Å². The quantitative estimate of drug-likeness (QED) is 0.689. The summed E-state index contributed by atoms with van der Waals surface area (Å²) < 4.78 is 0. The van der Waals surface area contributed by atoms with E-state index in [-0.39, 0.29) is 19.1 Å². The Bertz CT molecular complexity index is 162. The third-order valence-corrected chi connectivity index (χ3v) is 0.904. The number of ketones is 1. The summed E-state index contributed by atoms with van der Waals surface area (Å²) in [6.45, 7) is 7.15. The molecule has 0 aromatic carbocycles. The zero-order valence-electron chi connectivity index (χ0n) is 8.18. The summed E-state index contributed by atoms with van der Waals surface area (Å²) in [5.74, 6) is -0.158. The maximum atomic E-state index is 10.6. The van der Waals surface area contributed by atoms with Crippen LogP contribution < -0.4 is 5.32 Å². The second kappa shape index (κ2) is 13.5. The molecule has 0 radical (unpaired) electrons. The molecule has 0 aromatic rings. The summed E-state index contributed by atoms with van der Waals surface area (Å²) in [6, 6.07) is 0. The minimum absolute atomic E-state index is 0. The maximum absolute atomic E-state index is 10.6.